The summed E-state index contributed by atoms with van der Waals surface area (Å²) in [6.45, 7) is 0. The number of nitrogens with zero attached hydrogens (tertiary/aromatic N) is 1. The first kappa shape index (κ1) is 11.9. The van der Waals surface area contributed by atoms with Crippen molar-refractivity contribution in [3.63, 3.8) is 0 Å². The molecule has 0 aliphatic rings. The fraction of sp³-hybridized carbons (Fsp3) is 0. The van der Waals surface area contributed by atoms with Gasteiger partial charge in [-0.15, -0.1) is 0 Å². The predicted molar refractivity (Wildman–Crippen MR) is 228 cm³/mol. The van der Waals surface area contributed by atoms with Gasteiger partial charge in [0.2, 0.25) is 0 Å². The molecule has 0 atom stereocenters. The van der Waals surface area contributed by atoms with Gasteiger partial charge in [0.25, 0.3) is 0 Å². The van der Waals surface area contributed by atoms with E-state index in [-0.39, 0.29) is 0 Å². The normalized spacial score (nSPS) is 20.4. The fourth-order valence-corrected chi connectivity index (χ4v) is 5.60. The van der Waals surface area contributed by atoms with Gasteiger partial charge < -0.3 is 9.32 Å². The maximum absolute atomic E-state index is 10.4. The SMILES string of the molecule is [2H]c1c([2H])c([2H])c(-c2c([2H])c([2H])c(N(c3c([2H])c([2H])c(-c4c([2H])c([2H])c([2H])c(-c5c([2H])c([2H])c([2H])c([2H])c5[2H])c4[2H])c([2H])c3[2H])c3c([2H])c4c(oc5c([2H])c([2H])c([2H])c(-c6c([2H])c([2H])c([2H])c([2H])c6[2H])c54)c4c([2H])c([2H])c([2H])c([2H])c34)c([2H])c2[2H])c([2H])c1[2H]. The molecule has 0 unspecified atom stereocenters. The minimum absolute atomic E-state index is 0.303. The molecule has 2 nitrogen and oxygen atoms in total. The highest BCUT2D eigenvalue weighted by Crippen LogP contribution is 2.46. The zero-order valence-electron chi connectivity index (χ0n) is 61.9. The number of fused-ring (bicyclic) bond motifs is 5. The Balaban J connectivity index is 1.48. The number of benzene rings is 9. The van der Waals surface area contributed by atoms with Crippen LogP contribution in [0, 0.1) is 0 Å². The molecule has 2 heteroatoms. The standard InChI is InChI=1S/C52H35NO/c1-4-14-36(15-5-1)38-26-30-43(31-27-38)53(44-32-28-39(29-33-44)42-21-12-20-41(34-42)37-16-6-2-7-17-37)49-35-48-51-45(40-18-8-3-9-19-40)24-13-25-50(51)54-52(48)47-23-11-10-22-46(47)49/h1-35H/i1D,2D,3D,4D,5D,6D,7D,8D,9D,10D,11D,12D,13D,14D,15D,16D,17D,18D,19D,20D,21D,22D,23D,24D,25D,26D,27D,28D,29D,30D,31D,32D,33D,34D,35D. The summed E-state index contributed by atoms with van der Waals surface area (Å²) in [6.07, 6.45) is 0. The number of rotatable bonds is 7. The summed E-state index contributed by atoms with van der Waals surface area (Å²) in [5, 5.41) is -3.35. The summed E-state index contributed by atoms with van der Waals surface area (Å²) >= 11 is 0. The van der Waals surface area contributed by atoms with Crippen LogP contribution in [0.15, 0.2) is 216 Å². The Labute approximate surface area is 364 Å². The van der Waals surface area contributed by atoms with Crippen LogP contribution < -0.4 is 4.90 Å². The van der Waals surface area contributed by atoms with Crippen molar-refractivity contribution in [3.05, 3.63) is 211 Å². The summed E-state index contributed by atoms with van der Waals surface area (Å²) in [5.41, 5.74) is -12.7. The van der Waals surface area contributed by atoms with Crippen LogP contribution in [0.1, 0.15) is 48.0 Å². The second-order valence-corrected chi connectivity index (χ2v) is 11.0. The molecular weight excluding hydrogens is 655 g/mol. The number of hydrogen-bond acceptors (Lipinski definition) is 2. The number of hydrogen-bond donors (Lipinski definition) is 0. The second-order valence-electron chi connectivity index (χ2n) is 11.0. The lowest BCUT2D eigenvalue weighted by Gasteiger charge is -2.27. The van der Waals surface area contributed by atoms with E-state index in [9.17, 15) is 17.8 Å². The lowest BCUT2D eigenvalue weighted by atomic mass is 9.96. The van der Waals surface area contributed by atoms with Crippen LogP contribution in [0.2, 0.25) is 0 Å². The summed E-state index contributed by atoms with van der Waals surface area (Å²) in [7, 11) is 0. The molecule has 254 valence electrons. The molecule has 0 N–H and O–H groups in total. The zero-order chi connectivity index (χ0) is 66.3. The Morgan fingerprint density at radius 1 is 0.352 bits per heavy atom. The smallest absolute Gasteiger partial charge is 0.143 e. The highest BCUT2D eigenvalue weighted by molar-refractivity contribution is 6.22. The third-order valence-corrected chi connectivity index (χ3v) is 7.94. The molecule has 1 heterocycles. The Bertz CT molecular complexity index is 4830. The largest absolute Gasteiger partial charge is 0.455 e. The van der Waals surface area contributed by atoms with Gasteiger partial charge in [-0.3, -0.25) is 0 Å². The zero-order valence-corrected chi connectivity index (χ0v) is 26.9. The number of anilines is 3. The van der Waals surface area contributed by atoms with Crippen LogP contribution in [0.5, 0.6) is 0 Å². The Hall–Kier alpha value is -7.16. The average Bonchev–Trinajstić information content (AvgIpc) is 1.73. The van der Waals surface area contributed by atoms with Crippen molar-refractivity contribution in [2.45, 2.75) is 0 Å². The first-order chi connectivity index (χ1) is 41.4. The lowest BCUT2D eigenvalue weighted by Crippen LogP contribution is -2.10. The highest BCUT2D eigenvalue weighted by atomic mass is 16.3. The highest BCUT2D eigenvalue weighted by Gasteiger charge is 2.22. The second kappa shape index (κ2) is 13.4. The molecule has 9 aromatic carbocycles. The molecule has 10 rings (SSSR count). The van der Waals surface area contributed by atoms with E-state index in [1.807, 2.05) is 0 Å². The van der Waals surface area contributed by atoms with Crippen molar-refractivity contribution >= 4 is 49.8 Å². The van der Waals surface area contributed by atoms with Gasteiger partial charge in [0.15, 0.2) is 0 Å². The average molecular weight is 725 g/mol. The minimum Gasteiger partial charge on any atom is -0.455 e. The van der Waals surface area contributed by atoms with Gasteiger partial charge in [-0.25, -0.2) is 0 Å². The molecule has 0 spiro atoms. The van der Waals surface area contributed by atoms with Crippen LogP contribution in [0.25, 0.3) is 77.2 Å². The van der Waals surface area contributed by atoms with E-state index in [0.717, 1.165) is 0 Å². The van der Waals surface area contributed by atoms with Crippen LogP contribution in [-0.2, 0) is 0 Å². The molecule has 1 aromatic heterocycles. The number of furan rings is 1. The Morgan fingerprint density at radius 3 is 1.43 bits per heavy atom. The molecule has 0 aliphatic heterocycles. The monoisotopic (exact) mass is 724 g/mol. The summed E-state index contributed by atoms with van der Waals surface area (Å²) < 4.78 is 322. The fourth-order valence-electron chi connectivity index (χ4n) is 5.60. The molecule has 54 heavy (non-hydrogen) atoms. The predicted octanol–water partition coefficient (Wildman–Crippen LogP) is 14.9. The molecule has 0 fully saturated rings. The van der Waals surface area contributed by atoms with Gasteiger partial charge >= 0.3 is 0 Å². The topological polar surface area (TPSA) is 16.4 Å². The van der Waals surface area contributed by atoms with E-state index >= 15 is 0 Å². The minimum atomic E-state index is -1.41. The molecule has 0 amide bonds. The van der Waals surface area contributed by atoms with Crippen molar-refractivity contribution < 1.29 is 52.4 Å². The quantitative estimate of drug-likeness (QED) is 0.163. The third kappa shape index (κ3) is 5.62. The molecule has 0 saturated carbocycles. The van der Waals surface area contributed by atoms with Gasteiger partial charge in [-0.2, -0.15) is 0 Å². The first-order valence-corrected chi connectivity index (χ1v) is 15.6. The van der Waals surface area contributed by atoms with Gasteiger partial charge in [-0.1, -0.05) is 169 Å². The van der Waals surface area contributed by atoms with Gasteiger partial charge in [0.1, 0.15) is 11.2 Å². The van der Waals surface area contributed by atoms with Crippen molar-refractivity contribution in [3.8, 4) is 44.5 Å². The molecule has 0 saturated heterocycles. The maximum Gasteiger partial charge on any atom is 0.143 e. The van der Waals surface area contributed by atoms with Crippen LogP contribution in [-0.4, -0.2) is 0 Å². The van der Waals surface area contributed by atoms with Crippen molar-refractivity contribution in [1.29, 1.82) is 0 Å². The third-order valence-electron chi connectivity index (χ3n) is 7.94. The van der Waals surface area contributed by atoms with Crippen molar-refractivity contribution in [1.82, 2.24) is 0 Å². The van der Waals surface area contributed by atoms with Crippen LogP contribution >= 0.6 is 0 Å². The van der Waals surface area contributed by atoms with Gasteiger partial charge in [0.05, 0.1) is 53.7 Å². The maximum atomic E-state index is 10.4. The van der Waals surface area contributed by atoms with Gasteiger partial charge in [-0.05, 0) is 86.8 Å². The molecule has 0 aliphatic carbocycles. The lowest BCUT2D eigenvalue weighted by molar-refractivity contribution is 0.673. The molecule has 10 aromatic rings. The van der Waals surface area contributed by atoms with Crippen molar-refractivity contribution in [2.24, 2.45) is 0 Å². The van der Waals surface area contributed by atoms with E-state index in [1.54, 1.807) is 0 Å². The van der Waals surface area contributed by atoms with Crippen LogP contribution in [0.4, 0.5) is 17.1 Å². The molecular formula is C52H35NO. The van der Waals surface area contributed by atoms with E-state index < -0.39 is 306 Å². The summed E-state index contributed by atoms with van der Waals surface area (Å²) in [6, 6.07) is -38.7. The van der Waals surface area contributed by atoms with Crippen LogP contribution in [0.3, 0.4) is 0 Å². The molecule has 0 radical (unpaired) electrons. The summed E-state index contributed by atoms with van der Waals surface area (Å²) in [4.78, 5) is 0.303. The Kier molecular flexibility index (Phi) is 2.97. The van der Waals surface area contributed by atoms with Gasteiger partial charge in [0, 0.05) is 32.9 Å². The molecule has 0 bridgehead atoms. The van der Waals surface area contributed by atoms with E-state index in [2.05, 4.69) is 0 Å². The Morgan fingerprint density at radius 2 is 0.815 bits per heavy atom. The van der Waals surface area contributed by atoms with E-state index in [1.165, 1.54) is 0 Å². The van der Waals surface area contributed by atoms with Crippen molar-refractivity contribution in [2.75, 3.05) is 4.90 Å². The summed E-state index contributed by atoms with van der Waals surface area (Å²) in [5.74, 6) is 0. The first-order valence-electron chi connectivity index (χ1n) is 33.1. The van der Waals surface area contributed by atoms with E-state index in [4.69, 9.17) is 34.6 Å². The van der Waals surface area contributed by atoms with E-state index in [0.29, 0.717) is 4.90 Å².